The molecule has 1 aliphatic rings. The molecule has 1 unspecified atom stereocenters. The maximum Gasteiger partial charge on any atom is 0.416 e. The van der Waals surface area contributed by atoms with Crippen molar-refractivity contribution in [2.24, 2.45) is 11.1 Å². The zero-order chi connectivity index (χ0) is 18.1. The quantitative estimate of drug-likeness (QED) is 0.852. The molecule has 8 heteroatoms. The molecule has 1 fully saturated rings. The molecule has 2 aromatic rings. The van der Waals surface area contributed by atoms with Gasteiger partial charge in [0.1, 0.15) is 0 Å². The summed E-state index contributed by atoms with van der Waals surface area (Å²) in [4.78, 5) is 2.37. The minimum atomic E-state index is -4.30. The van der Waals surface area contributed by atoms with Crippen LogP contribution in [0.3, 0.4) is 0 Å². The van der Waals surface area contributed by atoms with E-state index >= 15 is 0 Å². The number of likely N-dealkylation sites (tertiary alicyclic amines) is 1. The second-order valence-corrected chi connectivity index (χ2v) is 7.22. The summed E-state index contributed by atoms with van der Waals surface area (Å²) in [6.07, 6.45) is 0.576. The lowest BCUT2D eigenvalue weighted by Gasteiger charge is -2.22. The zero-order valence-electron chi connectivity index (χ0n) is 14.7. The summed E-state index contributed by atoms with van der Waals surface area (Å²) in [6, 6.07) is 5.21. The van der Waals surface area contributed by atoms with Gasteiger partial charge < -0.3 is 5.73 Å². The Morgan fingerprint density at radius 3 is 2.42 bits per heavy atom. The standard InChI is InChI=1S/C18H23F3N4.ClH/c1-17(12-22)6-7-24(13-17)9-15-8-23-25(11-15)10-14-2-4-16(5-3-14)18(19,20)21;/h2-5,8,11H,6-7,9-10,12-13,22H2,1H3;1H. The molecule has 0 aliphatic carbocycles. The van der Waals surface area contributed by atoms with Crippen LogP contribution in [0.15, 0.2) is 36.7 Å². The Morgan fingerprint density at radius 2 is 1.85 bits per heavy atom. The van der Waals surface area contributed by atoms with Gasteiger partial charge in [0.2, 0.25) is 0 Å². The number of nitrogens with two attached hydrogens (primary N) is 1. The van der Waals surface area contributed by atoms with Crippen LogP contribution in [0.5, 0.6) is 0 Å². The molecule has 0 spiro atoms. The maximum absolute atomic E-state index is 12.6. The first-order chi connectivity index (χ1) is 11.8. The van der Waals surface area contributed by atoms with E-state index in [1.165, 1.54) is 12.1 Å². The molecule has 0 radical (unpaired) electrons. The summed E-state index contributed by atoms with van der Waals surface area (Å²) in [5.41, 5.74) is 7.29. The predicted molar refractivity (Wildman–Crippen MR) is 97.1 cm³/mol. The molecule has 3 rings (SSSR count). The van der Waals surface area contributed by atoms with Gasteiger partial charge in [0.25, 0.3) is 0 Å². The highest BCUT2D eigenvalue weighted by Gasteiger charge is 2.32. The Kier molecular flexibility index (Phi) is 6.37. The van der Waals surface area contributed by atoms with E-state index in [4.69, 9.17) is 5.73 Å². The van der Waals surface area contributed by atoms with Crippen molar-refractivity contribution in [3.63, 3.8) is 0 Å². The Balaban J connectivity index is 0.00000243. The van der Waals surface area contributed by atoms with Crippen LogP contribution in [-0.2, 0) is 19.3 Å². The lowest BCUT2D eigenvalue weighted by atomic mass is 9.90. The number of rotatable bonds is 5. The van der Waals surface area contributed by atoms with Gasteiger partial charge in [-0.25, -0.2) is 0 Å². The van der Waals surface area contributed by atoms with Crippen molar-refractivity contribution in [1.82, 2.24) is 14.7 Å². The molecule has 0 saturated carbocycles. The SMILES string of the molecule is CC1(CN)CCN(Cc2cnn(Cc3ccc(C(F)(F)F)cc3)c2)C1.Cl. The van der Waals surface area contributed by atoms with Crippen LogP contribution in [-0.4, -0.2) is 34.3 Å². The van der Waals surface area contributed by atoms with Gasteiger partial charge in [-0.15, -0.1) is 12.4 Å². The van der Waals surface area contributed by atoms with E-state index in [0.29, 0.717) is 13.1 Å². The molecule has 26 heavy (non-hydrogen) atoms. The molecule has 2 heterocycles. The number of alkyl halides is 3. The second-order valence-electron chi connectivity index (χ2n) is 7.22. The Hall–Kier alpha value is -1.57. The first-order valence-electron chi connectivity index (χ1n) is 8.37. The van der Waals surface area contributed by atoms with E-state index in [1.807, 2.05) is 12.4 Å². The third-order valence-electron chi connectivity index (χ3n) is 4.85. The molecule has 1 saturated heterocycles. The van der Waals surface area contributed by atoms with Crippen LogP contribution < -0.4 is 5.73 Å². The number of hydrogen-bond acceptors (Lipinski definition) is 3. The lowest BCUT2D eigenvalue weighted by Crippen LogP contribution is -2.31. The molecule has 144 valence electrons. The molecular formula is C18H24ClF3N4. The summed E-state index contributed by atoms with van der Waals surface area (Å²) >= 11 is 0. The first kappa shape index (κ1) is 20.7. The van der Waals surface area contributed by atoms with Gasteiger partial charge >= 0.3 is 6.18 Å². The minimum absolute atomic E-state index is 0. The van der Waals surface area contributed by atoms with E-state index in [1.54, 1.807) is 4.68 Å². The number of benzene rings is 1. The molecule has 1 aromatic carbocycles. The van der Waals surface area contributed by atoms with Crippen molar-refractivity contribution in [2.75, 3.05) is 19.6 Å². The van der Waals surface area contributed by atoms with Gasteiger partial charge in [-0.3, -0.25) is 9.58 Å². The third kappa shape index (κ3) is 4.99. The summed E-state index contributed by atoms with van der Waals surface area (Å²) in [5.74, 6) is 0. The van der Waals surface area contributed by atoms with Crippen molar-refractivity contribution in [1.29, 1.82) is 0 Å². The fourth-order valence-corrected chi connectivity index (χ4v) is 3.25. The van der Waals surface area contributed by atoms with E-state index < -0.39 is 11.7 Å². The van der Waals surface area contributed by atoms with Crippen molar-refractivity contribution in [3.8, 4) is 0 Å². The van der Waals surface area contributed by atoms with Crippen molar-refractivity contribution in [3.05, 3.63) is 53.3 Å². The van der Waals surface area contributed by atoms with Gasteiger partial charge in [-0.2, -0.15) is 18.3 Å². The van der Waals surface area contributed by atoms with Crippen LogP contribution in [0.25, 0.3) is 0 Å². The van der Waals surface area contributed by atoms with Crippen LogP contribution in [0, 0.1) is 5.41 Å². The Bertz CT molecular complexity index is 714. The monoisotopic (exact) mass is 388 g/mol. The highest BCUT2D eigenvalue weighted by atomic mass is 35.5. The summed E-state index contributed by atoms with van der Waals surface area (Å²) < 4.78 is 39.5. The number of nitrogens with zero attached hydrogens (tertiary/aromatic N) is 3. The minimum Gasteiger partial charge on any atom is -0.330 e. The smallest absolute Gasteiger partial charge is 0.330 e. The number of hydrogen-bond donors (Lipinski definition) is 1. The van der Waals surface area contributed by atoms with Gasteiger partial charge in [0.05, 0.1) is 18.3 Å². The van der Waals surface area contributed by atoms with Crippen LogP contribution in [0.4, 0.5) is 13.2 Å². The average molecular weight is 389 g/mol. The second kappa shape index (κ2) is 7.98. The number of aromatic nitrogens is 2. The summed E-state index contributed by atoms with van der Waals surface area (Å²) in [6.45, 7) is 6.18. The fourth-order valence-electron chi connectivity index (χ4n) is 3.25. The molecule has 1 aromatic heterocycles. The van der Waals surface area contributed by atoms with Crippen molar-refractivity contribution >= 4 is 12.4 Å². The summed E-state index contributed by atoms with van der Waals surface area (Å²) in [5, 5.41) is 4.32. The third-order valence-corrected chi connectivity index (χ3v) is 4.85. The first-order valence-corrected chi connectivity index (χ1v) is 8.37. The Labute approximate surface area is 157 Å². The van der Waals surface area contributed by atoms with Crippen LogP contribution in [0.1, 0.15) is 30.0 Å². The van der Waals surface area contributed by atoms with Gasteiger partial charge in [0, 0.05) is 24.8 Å². The molecule has 0 amide bonds. The molecular weight excluding hydrogens is 365 g/mol. The van der Waals surface area contributed by atoms with E-state index in [2.05, 4.69) is 16.9 Å². The van der Waals surface area contributed by atoms with Crippen LogP contribution in [0.2, 0.25) is 0 Å². The average Bonchev–Trinajstić information content (AvgIpc) is 3.15. The highest BCUT2D eigenvalue weighted by Crippen LogP contribution is 2.30. The fraction of sp³-hybridized carbons (Fsp3) is 0.500. The van der Waals surface area contributed by atoms with Gasteiger partial charge in [-0.05, 0) is 42.6 Å². The molecule has 4 nitrogen and oxygen atoms in total. The maximum atomic E-state index is 12.6. The molecule has 1 atom stereocenters. The predicted octanol–water partition coefficient (Wildman–Crippen LogP) is 3.54. The zero-order valence-corrected chi connectivity index (χ0v) is 15.5. The van der Waals surface area contributed by atoms with Gasteiger partial charge in [-0.1, -0.05) is 19.1 Å². The number of halogens is 4. The van der Waals surface area contributed by atoms with Gasteiger partial charge in [0.15, 0.2) is 0 Å². The van der Waals surface area contributed by atoms with E-state index in [9.17, 15) is 13.2 Å². The molecule has 0 bridgehead atoms. The van der Waals surface area contributed by atoms with E-state index in [0.717, 1.165) is 49.3 Å². The van der Waals surface area contributed by atoms with E-state index in [-0.39, 0.29) is 17.8 Å². The largest absolute Gasteiger partial charge is 0.416 e. The lowest BCUT2D eigenvalue weighted by molar-refractivity contribution is -0.137. The molecule has 2 N–H and O–H groups in total. The van der Waals surface area contributed by atoms with Crippen molar-refractivity contribution < 1.29 is 13.2 Å². The molecule has 1 aliphatic heterocycles. The van der Waals surface area contributed by atoms with Crippen molar-refractivity contribution in [2.45, 2.75) is 32.6 Å². The summed E-state index contributed by atoms with van der Waals surface area (Å²) in [7, 11) is 0. The topological polar surface area (TPSA) is 47.1 Å². The highest BCUT2D eigenvalue weighted by molar-refractivity contribution is 5.85. The Morgan fingerprint density at radius 1 is 1.15 bits per heavy atom. The normalized spacial score (nSPS) is 21.0. The van der Waals surface area contributed by atoms with Crippen LogP contribution >= 0.6 is 12.4 Å².